The molecule has 1 atom stereocenters. The molecule has 3 nitrogen and oxygen atoms in total. The van der Waals surface area contributed by atoms with Crippen LogP contribution in [0.15, 0.2) is 54.6 Å². The summed E-state index contributed by atoms with van der Waals surface area (Å²) in [6.07, 6.45) is 0.247. The minimum absolute atomic E-state index is 0.130. The Morgan fingerprint density at radius 1 is 1.00 bits per heavy atom. The van der Waals surface area contributed by atoms with Gasteiger partial charge >= 0.3 is 0 Å². The summed E-state index contributed by atoms with van der Waals surface area (Å²) in [5.41, 5.74) is 2.60. The van der Waals surface area contributed by atoms with E-state index in [1.807, 2.05) is 55.5 Å². The standard InChI is InChI=1S/C17H15NO2/c1-12-6-5-9-14(10-12)18-16(19)11-15(17(18)20)13-7-3-2-4-8-13/h2-10,15H,11H2,1H3. The number of imide groups is 1. The summed E-state index contributed by atoms with van der Waals surface area (Å²) >= 11 is 0. The Balaban J connectivity index is 1.95. The zero-order chi connectivity index (χ0) is 14.1. The fourth-order valence-corrected chi connectivity index (χ4v) is 2.62. The molecule has 0 aromatic heterocycles. The van der Waals surface area contributed by atoms with Gasteiger partial charge in [0.1, 0.15) is 0 Å². The molecule has 0 aliphatic carbocycles. The number of hydrogen-bond acceptors (Lipinski definition) is 2. The fraction of sp³-hybridized carbons (Fsp3) is 0.176. The highest BCUT2D eigenvalue weighted by atomic mass is 16.2. The van der Waals surface area contributed by atoms with Gasteiger partial charge in [-0.05, 0) is 30.2 Å². The summed E-state index contributed by atoms with van der Waals surface area (Å²) in [5, 5.41) is 0. The van der Waals surface area contributed by atoms with E-state index in [1.165, 1.54) is 4.90 Å². The average molecular weight is 265 g/mol. The van der Waals surface area contributed by atoms with Crippen molar-refractivity contribution in [3.8, 4) is 0 Å². The van der Waals surface area contributed by atoms with Crippen LogP contribution in [0.4, 0.5) is 5.69 Å². The number of rotatable bonds is 2. The first-order valence-corrected chi connectivity index (χ1v) is 6.65. The lowest BCUT2D eigenvalue weighted by atomic mass is 9.98. The SMILES string of the molecule is Cc1cccc(N2C(=O)CC(c3ccccc3)C2=O)c1. The number of hydrogen-bond donors (Lipinski definition) is 0. The number of aryl methyl sites for hydroxylation is 1. The van der Waals surface area contributed by atoms with Crippen LogP contribution in [0.2, 0.25) is 0 Å². The molecular formula is C17H15NO2. The minimum atomic E-state index is -0.357. The van der Waals surface area contributed by atoms with Crippen molar-refractivity contribution in [2.45, 2.75) is 19.3 Å². The number of carbonyl (C=O) groups is 2. The highest BCUT2D eigenvalue weighted by molar-refractivity contribution is 6.22. The molecule has 1 saturated heterocycles. The molecule has 0 N–H and O–H groups in total. The van der Waals surface area contributed by atoms with Crippen LogP contribution in [0.1, 0.15) is 23.5 Å². The topological polar surface area (TPSA) is 37.4 Å². The van der Waals surface area contributed by atoms with E-state index in [0.29, 0.717) is 5.69 Å². The Bertz CT molecular complexity index is 664. The van der Waals surface area contributed by atoms with Crippen molar-refractivity contribution in [3.05, 3.63) is 65.7 Å². The van der Waals surface area contributed by atoms with Gasteiger partial charge in [0, 0.05) is 6.42 Å². The molecule has 1 aliphatic heterocycles. The second kappa shape index (κ2) is 4.93. The monoisotopic (exact) mass is 265 g/mol. The lowest BCUT2D eigenvalue weighted by Gasteiger charge is -2.15. The van der Waals surface area contributed by atoms with Crippen LogP contribution in [0.5, 0.6) is 0 Å². The van der Waals surface area contributed by atoms with Crippen LogP contribution >= 0.6 is 0 Å². The van der Waals surface area contributed by atoms with Crippen molar-refractivity contribution < 1.29 is 9.59 Å². The van der Waals surface area contributed by atoms with Crippen LogP contribution in [0.3, 0.4) is 0 Å². The summed E-state index contributed by atoms with van der Waals surface area (Å²) in [7, 11) is 0. The molecule has 0 radical (unpaired) electrons. The molecule has 1 aliphatic rings. The highest BCUT2D eigenvalue weighted by Crippen LogP contribution is 2.33. The third-order valence-corrected chi connectivity index (χ3v) is 3.61. The number of anilines is 1. The van der Waals surface area contributed by atoms with Gasteiger partial charge in [-0.1, -0.05) is 42.5 Å². The number of carbonyl (C=O) groups excluding carboxylic acids is 2. The maximum absolute atomic E-state index is 12.5. The summed E-state index contributed by atoms with van der Waals surface area (Å²) in [6, 6.07) is 17.0. The third-order valence-electron chi connectivity index (χ3n) is 3.61. The maximum Gasteiger partial charge on any atom is 0.241 e. The van der Waals surface area contributed by atoms with E-state index >= 15 is 0 Å². The van der Waals surface area contributed by atoms with Crippen molar-refractivity contribution in [2.75, 3.05) is 4.90 Å². The summed E-state index contributed by atoms with van der Waals surface area (Å²) in [5.74, 6) is -0.620. The van der Waals surface area contributed by atoms with Gasteiger partial charge in [-0.3, -0.25) is 9.59 Å². The van der Waals surface area contributed by atoms with Crippen LogP contribution in [0.25, 0.3) is 0 Å². The smallest absolute Gasteiger partial charge is 0.241 e. The molecule has 2 amide bonds. The molecule has 0 spiro atoms. The molecular weight excluding hydrogens is 250 g/mol. The quantitative estimate of drug-likeness (QED) is 0.783. The van der Waals surface area contributed by atoms with Crippen LogP contribution in [-0.4, -0.2) is 11.8 Å². The Morgan fingerprint density at radius 3 is 2.45 bits per heavy atom. The maximum atomic E-state index is 12.5. The first-order chi connectivity index (χ1) is 9.66. The zero-order valence-corrected chi connectivity index (χ0v) is 11.2. The molecule has 1 unspecified atom stereocenters. The molecule has 1 fully saturated rings. The molecule has 2 aromatic carbocycles. The van der Waals surface area contributed by atoms with E-state index < -0.39 is 0 Å². The first kappa shape index (κ1) is 12.6. The second-order valence-electron chi connectivity index (χ2n) is 5.07. The van der Waals surface area contributed by atoms with Gasteiger partial charge in [0.25, 0.3) is 0 Å². The van der Waals surface area contributed by atoms with Crippen molar-refractivity contribution in [1.82, 2.24) is 0 Å². The van der Waals surface area contributed by atoms with Crippen LogP contribution < -0.4 is 4.90 Å². The van der Waals surface area contributed by atoms with E-state index in [0.717, 1.165) is 11.1 Å². The van der Waals surface area contributed by atoms with Crippen molar-refractivity contribution in [2.24, 2.45) is 0 Å². The zero-order valence-electron chi connectivity index (χ0n) is 11.2. The summed E-state index contributed by atoms with van der Waals surface area (Å²) in [6.45, 7) is 1.95. The van der Waals surface area contributed by atoms with E-state index in [9.17, 15) is 9.59 Å². The number of benzene rings is 2. The number of nitrogens with zero attached hydrogens (tertiary/aromatic N) is 1. The number of amides is 2. The molecule has 3 rings (SSSR count). The van der Waals surface area contributed by atoms with Crippen molar-refractivity contribution in [3.63, 3.8) is 0 Å². The largest absolute Gasteiger partial charge is 0.274 e. The Morgan fingerprint density at radius 2 is 1.75 bits per heavy atom. The fourth-order valence-electron chi connectivity index (χ4n) is 2.62. The van der Waals surface area contributed by atoms with Crippen molar-refractivity contribution >= 4 is 17.5 Å². The molecule has 1 heterocycles. The Hall–Kier alpha value is -2.42. The lowest BCUT2D eigenvalue weighted by molar-refractivity contribution is -0.121. The lowest BCUT2D eigenvalue weighted by Crippen LogP contribution is -2.30. The molecule has 100 valence electrons. The third kappa shape index (κ3) is 2.11. The summed E-state index contributed by atoms with van der Waals surface area (Å²) < 4.78 is 0. The average Bonchev–Trinajstić information content (AvgIpc) is 2.75. The van der Waals surface area contributed by atoms with Gasteiger partial charge in [-0.15, -0.1) is 0 Å². The van der Waals surface area contributed by atoms with E-state index in [-0.39, 0.29) is 24.2 Å². The molecule has 3 heteroatoms. The Labute approximate surface area is 117 Å². The van der Waals surface area contributed by atoms with Crippen LogP contribution in [-0.2, 0) is 9.59 Å². The molecule has 0 bridgehead atoms. The van der Waals surface area contributed by atoms with E-state index in [4.69, 9.17) is 0 Å². The van der Waals surface area contributed by atoms with Gasteiger partial charge in [-0.2, -0.15) is 0 Å². The summed E-state index contributed by atoms with van der Waals surface area (Å²) in [4.78, 5) is 26.0. The van der Waals surface area contributed by atoms with Gasteiger partial charge in [0.05, 0.1) is 11.6 Å². The molecule has 20 heavy (non-hydrogen) atoms. The molecule has 2 aromatic rings. The highest BCUT2D eigenvalue weighted by Gasteiger charge is 2.40. The van der Waals surface area contributed by atoms with E-state index in [2.05, 4.69) is 0 Å². The van der Waals surface area contributed by atoms with E-state index in [1.54, 1.807) is 6.07 Å². The first-order valence-electron chi connectivity index (χ1n) is 6.65. The molecule has 0 saturated carbocycles. The Kier molecular flexibility index (Phi) is 3.11. The minimum Gasteiger partial charge on any atom is -0.274 e. The van der Waals surface area contributed by atoms with Crippen molar-refractivity contribution in [1.29, 1.82) is 0 Å². The second-order valence-corrected chi connectivity index (χ2v) is 5.07. The predicted molar refractivity (Wildman–Crippen MR) is 77.5 cm³/mol. The predicted octanol–water partition coefficient (Wildman–Crippen LogP) is 3.04. The van der Waals surface area contributed by atoms with Gasteiger partial charge in [0.15, 0.2) is 0 Å². The van der Waals surface area contributed by atoms with Gasteiger partial charge in [-0.25, -0.2) is 4.90 Å². The van der Waals surface area contributed by atoms with Crippen LogP contribution in [0, 0.1) is 6.92 Å². The van der Waals surface area contributed by atoms with Gasteiger partial charge in [0.2, 0.25) is 11.8 Å². The normalized spacial score (nSPS) is 18.6. The van der Waals surface area contributed by atoms with Gasteiger partial charge < -0.3 is 0 Å².